The minimum Gasteiger partial charge on any atom is -0.389 e. The lowest BCUT2D eigenvalue weighted by molar-refractivity contribution is 0.0738. The van der Waals surface area contributed by atoms with Crippen LogP contribution in [0.1, 0.15) is 43.2 Å². The Kier molecular flexibility index (Phi) is 5.28. The topological polar surface area (TPSA) is 35.2 Å². The van der Waals surface area contributed by atoms with E-state index >= 15 is 0 Å². The van der Waals surface area contributed by atoms with Gasteiger partial charge >= 0.3 is 0 Å². The SMILES string of the molecule is NC(=S)c1cc(F)cc(COCC2CCCCC2)c1. The third-order valence-corrected chi connectivity index (χ3v) is 3.82. The summed E-state index contributed by atoms with van der Waals surface area (Å²) in [5.74, 6) is 0.346. The number of thiocarbonyl (C=S) groups is 1. The second kappa shape index (κ2) is 6.96. The van der Waals surface area contributed by atoms with Crippen molar-refractivity contribution in [2.45, 2.75) is 38.7 Å². The van der Waals surface area contributed by atoms with Gasteiger partial charge in [-0.3, -0.25) is 0 Å². The maximum Gasteiger partial charge on any atom is 0.124 e. The lowest BCUT2D eigenvalue weighted by Gasteiger charge is -2.21. The number of hydrogen-bond donors (Lipinski definition) is 1. The van der Waals surface area contributed by atoms with Crippen molar-refractivity contribution in [2.24, 2.45) is 11.7 Å². The summed E-state index contributed by atoms with van der Waals surface area (Å²) in [7, 11) is 0. The Bertz CT molecular complexity index is 444. The monoisotopic (exact) mass is 281 g/mol. The first-order valence-electron chi connectivity index (χ1n) is 6.82. The van der Waals surface area contributed by atoms with Gasteiger partial charge in [0.05, 0.1) is 6.61 Å². The first kappa shape index (κ1) is 14.4. The molecule has 4 heteroatoms. The molecular weight excluding hydrogens is 261 g/mol. The van der Waals surface area contributed by atoms with Crippen LogP contribution < -0.4 is 5.73 Å². The minimum atomic E-state index is -0.318. The molecular formula is C15H20FNOS. The number of nitrogens with two attached hydrogens (primary N) is 1. The van der Waals surface area contributed by atoms with Gasteiger partial charge in [0.2, 0.25) is 0 Å². The number of ether oxygens (including phenoxy) is 1. The number of halogens is 1. The third-order valence-electron chi connectivity index (χ3n) is 3.59. The molecule has 2 rings (SSSR count). The fourth-order valence-corrected chi connectivity index (χ4v) is 2.69. The Morgan fingerprint density at radius 1 is 1.26 bits per heavy atom. The van der Waals surface area contributed by atoms with Crippen LogP contribution >= 0.6 is 12.2 Å². The zero-order valence-corrected chi connectivity index (χ0v) is 11.8. The summed E-state index contributed by atoms with van der Waals surface area (Å²) in [5, 5.41) is 0. The summed E-state index contributed by atoms with van der Waals surface area (Å²) in [5.41, 5.74) is 6.87. The highest BCUT2D eigenvalue weighted by Gasteiger charge is 2.13. The first-order chi connectivity index (χ1) is 9.15. The van der Waals surface area contributed by atoms with E-state index in [2.05, 4.69) is 0 Å². The molecule has 0 saturated heterocycles. The van der Waals surface area contributed by atoms with Crippen molar-refractivity contribution in [2.75, 3.05) is 6.61 Å². The zero-order chi connectivity index (χ0) is 13.7. The molecule has 0 atom stereocenters. The first-order valence-corrected chi connectivity index (χ1v) is 7.23. The highest BCUT2D eigenvalue weighted by atomic mass is 32.1. The van der Waals surface area contributed by atoms with Gasteiger partial charge < -0.3 is 10.5 Å². The van der Waals surface area contributed by atoms with Gasteiger partial charge in [-0.15, -0.1) is 0 Å². The van der Waals surface area contributed by atoms with Crippen LogP contribution in [0.3, 0.4) is 0 Å². The van der Waals surface area contributed by atoms with Gasteiger partial charge in [-0.25, -0.2) is 4.39 Å². The predicted molar refractivity (Wildman–Crippen MR) is 78.5 cm³/mol. The van der Waals surface area contributed by atoms with Crippen molar-refractivity contribution in [3.63, 3.8) is 0 Å². The summed E-state index contributed by atoms with van der Waals surface area (Å²) < 4.78 is 19.1. The normalized spacial score (nSPS) is 16.5. The van der Waals surface area contributed by atoms with E-state index in [9.17, 15) is 4.39 Å². The van der Waals surface area contributed by atoms with Gasteiger partial charge in [0.15, 0.2) is 0 Å². The number of benzene rings is 1. The van der Waals surface area contributed by atoms with Crippen LogP contribution in [0.15, 0.2) is 18.2 Å². The summed E-state index contributed by atoms with van der Waals surface area (Å²) in [4.78, 5) is 0.216. The van der Waals surface area contributed by atoms with Crippen molar-refractivity contribution in [3.8, 4) is 0 Å². The molecule has 1 saturated carbocycles. The van der Waals surface area contributed by atoms with Crippen molar-refractivity contribution in [1.82, 2.24) is 0 Å². The molecule has 2 nitrogen and oxygen atoms in total. The molecule has 0 aliphatic heterocycles. The zero-order valence-electron chi connectivity index (χ0n) is 11.0. The van der Waals surface area contributed by atoms with Crippen LogP contribution in [-0.4, -0.2) is 11.6 Å². The average Bonchev–Trinajstić information content (AvgIpc) is 2.39. The van der Waals surface area contributed by atoms with Crippen LogP contribution in [-0.2, 0) is 11.3 Å². The number of rotatable bonds is 5. The van der Waals surface area contributed by atoms with E-state index in [0.717, 1.165) is 12.2 Å². The molecule has 1 aromatic rings. The Morgan fingerprint density at radius 2 is 2.00 bits per heavy atom. The summed E-state index contributed by atoms with van der Waals surface area (Å²) >= 11 is 4.87. The average molecular weight is 281 g/mol. The van der Waals surface area contributed by atoms with Crippen LogP contribution in [0.5, 0.6) is 0 Å². The molecule has 104 valence electrons. The Hall–Kier alpha value is -1.00. The maximum atomic E-state index is 13.4. The molecule has 0 bridgehead atoms. The van der Waals surface area contributed by atoms with Crippen molar-refractivity contribution < 1.29 is 9.13 Å². The van der Waals surface area contributed by atoms with E-state index in [1.165, 1.54) is 44.2 Å². The van der Waals surface area contributed by atoms with E-state index in [4.69, 9.17) is 22.7 Å². The van der Waals surface area contributed by atoms with E-state index < -0.39 is 0 Å². The van der Waals surface area contributed by atoms with Gasteiger partial charge in [0.25, 0.3) is 0 Å². The second-order valence-electron chi connectivity index (χ2n) is 5.23. The summed E-state index contributed by atoms with van der Waals surface area (Å²) in [6, 6.07) is 4.63. The predicted octanol–water partition coefficient (Wildman–Crippen LogP) is 3.56. The Labute approximate surface area is 119 Å². The van der Waals surface area contributed by atoms with Gasteiger partial charge in [-0.05, 0) is 42.5 Å². The second-order valence-corrected chi connectivity index (χ2v) is 5.67. The third kappa shape index (κ3) is 4.55. The molecule has 1 aliphatic carbocycles. The molecule has 0 aromatic heterocycles. The van der Waals surface area contributed by atoms with Crippen molar-refractivity contribution >= 4 is 17.2 Å². The van der Waals surface area contributed by atoms with Crippen LogP contribution in [0.2, 0.25) is 0 Å². The molecule has 0 amide bonds. The maximum absolute atomic E-state index is 13.4. The smallest absolute Gasteiger partial charge is 0.124 e. The van der Waals surface area contributed by atoms with Gasteiger partial charge in [-0.2, -0.15) is 0 Å². The largest absolute Gasteiger partial charge is 0.389 e. The van der Waals surface area contributed by atoms with E-state index in [0.29, 0.717) is 18.1 Å². The van der Waals surface area contributed by atoms with Crippen molar-refractivity contribution in [1.29, 1.82) is 0 Å². The van der Waals surface area contributed by atoms with Crippen LogP contribution in [0, 0.1) is 11.7 Å². The van der Waals surface area contributed by atoms with Crippen LogP contribution in [0.4, 0.5) is 4.39 Å². The lowest BCUT2D eigenvalue weighted by atomic mass is 9.90. The number of hydrogen-bond acceptors (Lipinski definition) is 2. The summed E-state index contributed by atoms with van der Waals surface area (Å²) in [6.07, 6.45) is 6.46. The van der Waals surface area contributed by atoms with Crippen molar-refractivity contribution in [3.05, 3.63) is 35.1 Å². The van der Waals surface area contributed by atoms with Gasteiger partial charge in [-0.1, -0.05) is 31.5 Å². The van der Waals surface area contributed by atoms with Gasteiger partial charge in [0, 0.05) is 12.2 Å². The Morgan fingerprint density at radius 3 is 2.68 bits per heavy atom. The highest BCUT2D eigenvalue weighted by Crippen LogP contribution is 2.24. The minimum absolute atomic E-state index is 0.216. The fraction of sp³-hybridized carbons (Fsp3) is 0.533. The standard InChI is InChI=1S/C15H20FNOS/c16-14-7-12(6-13(8-14)15(17)19)10-18-9-11-4-2-1-3-5-11/h6-8,11H,1-5,9-10H2,(H2,17,19). The lowest BCUT2D eigenvalue weighted by Crippen LogP contribution is -2.14. The van der Waals surface area contributed by atoms with E-state index in [1.54, 1.807) is 6.07 Å². The Balaban J connectivity index is 1.86. The molecule has 1 aromatic carbocycles. The van der Waals surface area contributed by atoms with Crippen LogP contribution in [0.25, 0.3) is 0 Å². The van der Waals surface area contributed by atoms with Gasteiger partial charge in [0.1, 0.15) is 10.8 Å². The molecule has 0 radical (unpaired) electrons. The quantitative estimate of drug-likeness (QED) is 0.838. The van der Waals surface area contributed by atoms with E-state index in [-0.39, 0.29) is 10.8 Å². The summed E-state index contributed by atoms with van der Waals surface area (Å²) in [6.45, 7) is 1.18. The molecule has 19 heavy (non-hydrogen) atoms. The molecule has 1 fully saturated rings. The molecule has 1 aliphatic rings. The molecule has 0 heterocycles. The van der Waals surface area contributed by atoms with E-state index in [1.807, 2.05) is 0 Å². The fourth-order valence-electron chi connectivity index (χ4n) is 2.57. The molecule has 2 N–H and O–H groups in total. The molecule has 0 unspecified atom stereocenters. The molecule has 0 spiro atoms. The highest BCUT2D eigenvalue weighted by molar-refractivity contribution is 7.80.